The summed E-state index contributed by atoms with van der Waals surface area (Å²) in [7, 11) is 0. The van der Waals surface area contributed by atoms with E-state index < -0.39 is 0 Å². The van der Waals surface area contributed by atoms with Gasteiger partial charge < -0.3 is 10.3 Å². The Kier molecular flexibility index (Phi) is 5.02. The second kappa shape index (κ2) is 6.30. The van der Waals surface area contributed by atoms with E-state index in [1.165, 1.54) is 18.9 Å². The van der Waals surface area contributed by atoms with Crippen molar-refractivity contribution in [3.63, 3.8) is 0 Å². The molecule has 1 aromatic rings. The molecule has 2 N–H and O–H groups in total. The van der Waals surface area contributed by atoms with Crippen LogP contribution in [-0.4, -0.2) is 16.5 Å². The van der Waals surface area contributed by atoms with Gasteiger partial charge in [-0.1, -0.05) is 33.6 Å². The summed E-state index contributed by atoms with van der Waals surface area (Å²) >= 11 is 0. The Morgan fingerprint density at radius 2 is 2.19 bits per heavy atom. The van der Waals surface area contributed by atoms with Crippen LogP contribution in [0.4, 0.5) is 5.82 Å². The van der Waals surface area contributed by atoms with Gasteiger partial charge in [0, 0.05) is 18.5 Å². The minimum atomic E-state index is -0.0864. The van der Waals surface area contributed by atoms with Gasteiger partial charge in [0.1, 0.15) is 11.6 Å². The Bertz CT molecular complexity index is 371. The fraction of sp³-hybridized carbons (Fsp3) is 0.667. The smallest absolute Gasteiger partial charge is 0.252 e. The predicted molar refractivity (Wildman–Crippen MR) is 67.0 cm³/mol. The van der Waals surface area contributed by atoms with Gasteiger partial charge in [0.25, 0.3) is 5.56 Å². The van der Waals surface area contributed by atoms with Crippen molar-refractivity contribution in [1.82, 2.24) is 9.97 Å². The maximum atomic E-state index is 11.4. The highest BCUT2D eigenvalue weighted by Crippen LogP contribution is 2.09. The number of hydrogen-bond acceptors (Lipinski definition) is 3. The van der Waals surface area contributed by atoms with Crippen molar-refractivity contribution in [2.45, 2.75) is 46.0 Å². The standard InChI is InChI=1S/C12H21N3O/c1-4-5-6-7-13-10-8-11(16)15-12(14-10)9(2)3/h8-9H,4-7H2,1-3H3,(H2,13,14,15,16). The molecular weight excluding hydrogens is 202 g/mol. The summed E-state index contributed by atoms with van der Waals surface area (Å²) in [5.74, 6) is 1.67. The molecule has 0 radical (unpaired) electrons. The molecule has 0 saturated heterocycles. The number of nitrogens with zero attached hydrogens (tertiary/aromatic N) is 1. The van der Waals surface area contributed by atoms with E-state index in [0.717, 1.165) is 18.8 Å². The molecule has 1 heterocycles. The summed E-state index contributed by atoms with van der Waals surface area (Å²) in [5, 5.41) is 3.18. The molecule has 0 unspecified atom stereocenters. The highest BCUT2D eigenvalue weighted by Gasteiger charge is 2.04. The van der Waals surface area contributed by atoms with Gasteiger partial charge in [-0.25, -0.2) is 4.98 Å². The number of hydrogen-bond donors (Lipinski definition) is 2. The molecule has 1 rings (SSSR count). The number of unbranched alkanes of at least 4 members (excludes halogenated alkanes) is 2. The zero-order valence-corrected chi connectivity index (χ0v) is 10.3. The second-order valence-corrected chi connectivity index (χ2v) is 4.30. The van der Waals surface area contributed by atoms with Gasteiger partial charge in [-0.2, -0.15) is 0 Å². The summed E-state index contributed by atoms with van der Waals surface area (Å²) < 4.78 is 0. The van der Waals surface area contributed by atoms with Gasteiger partial charge in [-0.3, -0.25) is 4.79 Å². The van der Waals surface area contributed by atoms with E-state index >= 15 is 0 Å². The molecule has 90 valence electrons. The third-order valence-corrected chi connectivity index (χ3v) is 2.39. The number of aromatic nitrogens is 2. The van der Waals surface area contributed by atoms with E-state index in [9.17, 15) is 4.79 Å². The van der Waals surface area contributed by atoms with Crippen LogP contribution in [0.3, 0.4) is 0 Å². The lowest BCUT2D eigenvalue weighted by Gasteiger charge is -2.08. The molecule has 4 nitrogen and oxygen atoms in total. The van der Waals surface area contributed by atoms with Crippen LogP contribution in [0.1, 0.15) is 51.8 Å². The summed E-state index contributed by atoms with van der Waals surface area (Å²) in [6.45, 7) is 7.07. The van der Waals surface area contributed by atoms with Crippen molar-refractivity contribution >= 4 is 5.82 Å². The van der Waals surface area contributed by atoms with E-state index in [4.69, 9.17) is 0 Å². The molecule has 0 aromatic carbocycles. The van der Waals surface area contributed by atoms with Gasteiger partial charge >= 0.3 is 0 Å². The van der Waals surface area contributed by atoms with Crippen LogP contribution in [0.15, 0.2) is 10.9 Å². The van der Waals surface area contributed by atoms with Crippen LogP contribution in [0.5, 0.6) is 0 Å². The molecule has 0 saturated carbocycles. The number of nitrogens with one attached hydrogen (secondary N) is 2. The highest BCUT2D eigenvalue weighted by molar-refractivity contribution is 5.33. The average molecular weight is 223 g/mol. The quantitative estimate of drug-likeness (QED) is 0.728. The van der Waals surface area contributed by atoms with E-state index in [-0.39, 0.29) is 11.5 Å². The number of rotatable bonds is 6. The van der Waals surface area contributed by atoms with Crippen LogP contribution >= 0.6 is 0 Å². The monoisotopic (exact) mass is 223 g/mol. The number of anilines is 1. The van der Waals surface area contributed by atoms with Crippen molar-refractivity contribution in [2.75, 3.05) is 11.9 Å². The molecule has 1 aromatic heterocycles. The number of H-pyrrole nitrogens is 1. The summed E-state index contributed by atoms with van der Waals surface area (Å²) in [4.78, 5) is 18.5. The Labute approximate surface area is 96.5 Å². The Hall–Kier alpha value is -1.32. The minimum Gasteiger partial charge on any atom is -0.370 e. The van der Waals surface area contributed by atoms with Gasteiger partial charge in [0.2, 0.25) is 0 Å². The van der Waals surface area contributed by atoms with E-state index in [0.29, 0.717) is 5.82 Å². The fourth-order valence-electron chi connectivity index (χ4n) is 1.43. The first kappa shape index (κ1) is 12.7. The van der Waals surface area contributed by atoms with Crippen LogP contribution in [0, 0.1) is 0 Å². The topological polar surface area (TPSA) is 57.8 Å². The normalized spacial score (nSPS) is 10.8. The molecule has 0 amide bonds. The summed E-state index contributed by atoms with van der Waals surface area (Å²) in [6.07, 6.45) is 3.51. The zero-order chi connectivity index (χ0) is 12.0. The molecule has 16 heavy (non-hydrogen) atoms. The zero-order valence-electron chi connectivity index (χ0n) is 10.3. The van der Waals surface area contributed by atoms with Crippen molar-refractivity contribution in [2.24, 2.45) is 0 Å². The molecule has 0 aliphatic carbocycles. The van der Waals surface area contributed by atoms with Gasteiger partial charge in [0.05, 0.1) is 0 Å². The molecule has 0 aliphatic heterocycles. The number of aromatic amines is 1. The minimum absolute atomic E-state index is 0.0864. The van der Waals surface area contributed by atoms with E-state index in [1.807, 2.05) is 13.8 Å². The molecule has 0 atom stereocenters. The molecule has 4 heteroatoms. The lowest BCUT2D eigenvalue weighted by molar-refractivity contribution is 0.735. The van der Waals surface area contributed by atoms with Gasteiger partial charge in [0.15, 0.2) is 0 Å². The maximum Gasteiger partial charge on any atom is 0.252 e. The van der Waals surface area contributed by atoms with Gasteiger partial charge in [-0.05, 0) is 6.42 Å². The Morgan fingerprint density at radius 3 is 2.81 bits per heavy atom. The first-order valence-corrected chi connectivity index (χ1v) is 5.98. The third kappa shape index (κ3) is 4.04. The van der Waals surface area contributed by atoms with Gasteiger partial charge in [-0.15, -0.1) is 0 Å². The third-order valence-electron chi connectivity index (χ3n) is 2.39. The van der Waals surface area contributed by atoms with E-state index in [2.05, 4.69) is 22.2 Å². The summed E-state index contributed by atoms with van der Waals surface area (Å²) in [5.41, 5.74) is -0.0864. The highest BCUT2D eigenvalue weighted by atomic mass is 16.1. The van der Waals surface area contributed by atoms with Crippen molar-refractivity contribution in [3.8, 4) is 0 Å². The van der Waals surface area contributed by atoms with E-state index in [1.54, 1.807) is 0 Å². The SMILES string of the molecule is CCCCCNc1cc(=O)[nH]c(C(C)C)n1. The van der Waals surface area contributed by atoms with Crippen LogP contribution in [-0.2, 0) is 0 Å². The average Bonchev–Trinajstić information content (AvgIpc) is 2.23. The molecule has 0 aliphatic rings. The van der Waals surface area contributed by atoms with Crippen LogP contribution in [0.25, 0.3) is 0 Å². The largest absolute Gasteiger partial charge is 0.370 e. The summed E-state index contributed by atoms with van der Waals surface area (Å²) in [6, 6.07) is 1.51. The first-order valence-electron chi connectivity index (χ1n) is 5.98. The first-order chi connectivity index (χ1) is 7.63. The molecule has 0 bridgehead atoms. The van der Waals surface area contributed by atoms with Crippen LogP contribution < -0.4 is 10.9 Å². The fourth-order valence-corrected chi connectivity index (χ4v) is 1.43. The Balaban J connectivity index is 2.62. The van der Waals surface area contributed by atoms with Crippen molar-refractivity contribution in [1.29, 1.82) is 0 Å². The lowest BCUT2D eigenvalue weighted by atomic mass is 10.2. The van der Waals surface area contributed by atoms with Crippen molar-refractivity contribution in [3.05, 3.63) is 22.2 Å². The van der Waals surface area contributed by atoms with Crippen molar-refractivity contribution < 1.29 is 0 Å². The Morgan fingerprint density at radius 1 is 1.44 bits per heavy atom. The van der Waals surface area contributed by atoms with Crippen LogP contribution in [0.2, 0.25) is 0 Å². The predicted octanol–water partition coefficient (Wildman–Crippen LogP) is 2.50. The molecule has 0 spiro atoms. The molecule has 0 fully saturated rings. The maximum absolute atomic E-state index is 11.4. The second-order valence-electron chi connectivity index (χ2n) is 4.30. The molecular formula is C12H21N3O. The lowest BCUT2D eigenvalue weighted by Crippen LogP contribution is -2.15.